The van der Waals surface area contributed by atoms with Crippen molar-refractivity contribution >= 4 is 39.2 Å². The molecule has 0 aliphatic carbocycles. The maximum absolute atomic E-state index is 12.7. The number of carbonyl (C=O) groups is 1. The van der Waals surface area contributed by atoms with Crippen LogP contribution in [0.5, 0.6) is 0 Å². The summed E-state index contributed by atoms with van der Waals surface area (Å²) in [5, 5.41) is 0.769. The molecule has 2 aromatic heterocycles. The first kappa shape index (κ1) is 18.4. The standard InChI is InChI=1S/C22H22N6O2/c1-27(2)17-9-10-28(22(17)30)12-7-8-15-16(11-12)25-20(24-15)18-19(23)13-5-3-4-6-14(13)26-21(18)29/h3-8,11,17H,9-10H2,1-2H3,(H,24,25)(H3,23,26,29)/t17-/m0/s1. The van der Waals surface area contributed by atoms with E-state index in [-0.39, 0.29) is 17.5 Å². The minimum atomic E-state index is -0.297. The van der Waals surface area contributed by atoms with Gasteiger partial charge in [-0.3, -0.25) is 14.5 Å². The number of aromatic nitrogens is 3. The molecule has 4 N–H and O–H groups in total. The van der Waals surface area contributed by atoms with Crippen molar-refractivity contribution in [3.63, 3.8) is 0 Å². The number of nitrogens with zero attached hydrogens (tertiary/aromatic N) is 3. The number of nitrogen functional groups attached to an aromatic ring is 1. The number of hydrogen-bond donors (Lipinski definition) is 3. The summed E-state index contributed by atoms with van der Waals surface area (Å²) in [4.78, 5) is 39.8. The Morgan fingerprint density at radius 1 is 1.10 bits per heavy atom. The molecule has 1 aliphatic heterocycles. The second-order valence-electron chi connectivity index (χ2n) is 7.83. The zero-order chi connectivity index (χ0) is 21.0. The van der Waals surface area contributed by atoms with E-state index in [4.69, 9.17) is 5.73 Å². The number of amides is 1. The van der Waals surface area contributed by atoms with Crippen LogP contribution in [0.15, 0.2) is 47.3 Å². The van der Waals surface area contributed by atoms with E-state index < -0.39 is 0 Å². The van der Waals surface area contributed by atoms with E-state index in [2.05, 4.69) is 15.0 Å². The molecule has 0 spiro atoms. The molecular weight excluding hydrogens is 380 g/mol. The SMILES string of the molecule is CN(C)[C@H]1CCN(c2ccc3nc(-c4c(N)c5ccccc5[nH]c4=O)[nH]c3c2)C1=O. The van der Waals surface area contributed by atoms with Crippen molar-refractivity contribution in [1.82, 2.24) is 19.9 Å². The number of rotatable bonds is 3. The van der Waals surface area contributed by atoms with Crippen LogP contribution in [0.4, 0.5) is 11.4 Å². The maximum Gasteiger partial charge on any atom is 0.261 e. The summed E-state index contributed by atoms with van der Waals surface area (Å²) in [6.45, 7) is 0.672. The van der Waals surface area contributed by atoms with Crippen LogP contribution in [0, 0.1) is 0 Å². The van der Waals surface area contributed by atoms with E-state index in [1.807, 2.05) is 61.5 Å². The lowest BCUT2D eigenvalue weighted by Crippen LogP contribution is -2.37. The second kappa shape index (κ2) is 6.70. The molecule has 2 aromatic carbocycles. The Hall–Kier alpha value is -3.65. The second-order valence-corrected chi connectivity index (χ2v) is 7.83. The van der Waals surface area contributed by atoms with Crippen LogP contribution >= 0.6 is 0 Å². The van der Waals surface area contributed by atoms with Gasteiger partial charge in [-0.2, -0.15) is 0 Å². The molecule has 30 heavy (non-hydrogen) atoms. The van der Waals surface area contributed by atoms with Gasteiger partial charge in [0, 0.05) is 17.6 Å². The average Bonchev–Trinajstić information content (AvgIpc) is 3.30. The molecule has 1 saturated heterocycles. The van der Waals surface area contributed by atoms with Gasteiger partial charge in [-0.15, -0.1) is 0 Å². The number of benzene rings is 2. The molecule has 8 heteroatoms. The number of carbonyl (C=O) groups excluding carboxylic acids is 1. The van der Waals surface area contributed by atoms with Gasteiger partial charge in [0.25, 0.3) is 5.56 Å². The number of anilines is 2. The fourth-order valence-electron chi connectivity index (χ4n) is 4.19. The van der Waals surface area contributed by atoms with Crippen LogP contribution in [0.25, 0.3) is 33.3 Å². The highest BCUT2D eigenvalue weighted by atomic mass is 16.2. The number of aromatic amines is 2. The van der Waals surface area contributed by atoms with Crippen LogP contribution in [-0.4, -0.2) is 52.4 Å². The van der Waals surface area contributed by atoms with Crippen molar-refractivity contribution in [1.29, 1.82) is 0 Å². The normalized spacial score (nSPS) is 17.0. The Morgan fingerprint density at radius 3 is 2.67 bits per heavy atom. The van der Waals surface area contributed by atoms with Crippen LogP contribution in [0.3, 0.4) is 0 Å². The van der Waals surface area contributed by atoms with Gasteiger partial charge in [-0.25, -0.2) is 4.98 Å². The summed E-state index contributed by atoms with van der Waals surface area (Å²) in [6, 6.07) is 12.9. The van der Waals surface area contributed by atoms with Crippen LogP contribution in [0.1, 0.15) is 6.42 Å². The molecule has 1 fully saturated rings. The number of imidazole rings is 1. The molecule has 0 saturated carbocycles. The van der Waals surface area contributed by atoms with E-state index in [9.17, 15) is 9.59 Å². The van der Waals surface area contributed by atoms with Gasteiger partial charge >= 0.3 is 0 Å². The fourth-order valence-corrected chi connectivity index (χ4v) is 4.19. The van der Waals surface area contributed by atoms with E-state index in [1.54, 1.807) is 4.90 Å². The van der Waals surface area contributed by atoms with Gasteiger partial charge in [-0.1, -0.05) is 18.2 Å². The quantitative estimate of drug-likeness (QED) is 0.487. The van der Waals surface area contributed by atoms with Crippen molar-refractivity contribution < 1.29 is 4.79 Å². The molecule has 1 aliphatic rings. The number of para-hydroxylation sites is 1. The molecule has 1 atom stereocenters. The molecule has 0 bridgehead atoms. The molecule has 1 amide bonds. The highest BCUT2D eigenvalue weighted by Gasteiger charge is 2.34. The highest BCUT2D eigenvalue weighted by molar-refractivity contribution is 6.01. The largest absolute Gasteiger partial charge is 0.397 e. The molecule has 0 unspecified atom stereocenters. The number of nitrogens with two attached hydrogens (primary N) is 1. The third kappa shape index (κ3) is 2.76. The van der Waals surface area contributed by atoms with Crippen molar-refractivity contribution in [3.05, 3.63) is 52.8 Å². The highest BCUT2D eigenvalue weighted by Crippen LogP contribution is 2.30. The van der Waals surface area contributed by atoms with Gasteiger partial charge in [-0.05, 0) is 44.8 Å². The van der Waals surface area contributed by atoms with E-state index in [0.717, 1.165) is 23.0 Å². The maximum atomic E-state index is 12.7. The Labute approximate surface area is 172 Å². The van der Waals surface area contributed by atoms with Crippen molar-refractivity contribution in [3.8, 4) is 11.4 Å². The summed E-state index contributed by atoms with van der Waals surface area (Å²) in [5.41, 5.74) is 9.68. The van der Waals surface area contributed by atoms with E-state index >= 15 is 0 Å². The Bertz CT molecular complexity index is 1350. The fraction of sp³-hybridized carbons (Fsp3) is 0.227. The zero-order valence-corrected chi connectivity index (χ0v) is 16.8. The third-order valence-corrected chi connectivity index (χ3v) is 5.78. The number of H-pyrrole nitrogens is 2. The molecular formula is C22H22N6O2. The Balaban J connectivity index is 1.58. The Kier molecular flexibility index (Phi) is 4.11. The van der Waals surface area contributed by atoms with Crippen molar-refractivity contribution in [2.24, 2.45) is 0 Å². The van der Waals surface area contributed by atoms with Gasteiger partial charge in [0.2, 0.25) is 5.91 Å². The van der Waals surface area contributed by atoms with E-state index in [0.29, 0.717) is 34.7 Å². The number of pyridine rings is 1. The summed E-state index contributed by atoms with van der Waals surface area (Å²) in [7, 11) is 3.84. The van der Waals surface area contributed by atoms with Gasteiger partial charge < -0.3 is 20.6 Å². The molecule has 0 radical (unpaired) electrons. The lowest BCUT2D eigenvalue weighted by molar-refractivity contribution is -0.120. The van der Waals surface area contributed by atoms with Gasteiger partial charge in [0.15, 0.2) is 0 Å². The van der Waals surface area contributed by atoms with Crippen LogP contribution in [-0.2, 0) is 4.79 Å². The topological polar surface area (TPSA) is 111 Å². The minimum absolute atomic E-state index is 0.0920. The number of hydrogen-bond acceptors (Lipinski definition) is 5. The summed E-state index contributed by atoms with van der Waals surface area (Å²) in [6.07, 6.45) is 0.793. The first-order valence-electron chi connectivity index (χ1n) is 9.82. The Morgan fingerprint density at radius 2 is 1.90 bits per heavy atom. The lowest BCUT2D eigenvalue weighted by atomic mass is 10.1. The minimum Gasteiger partial charge on any atom is -0.397 e. The van der Waals surface area contributed by atoms with Gasteiger partial charge in [0.05, 0.1) is 28.3 Å². The average molecular weight is 402 g/mol. The number of likely N-dealkylation sites (N-methyl/N-ethyl adjacent to an activating group) is 1. The molecule has 5 rings (SSSR count). The monoisotopic (exact) mass is 402 g/mol. The van der Waals surface area contributed by atoms with Crippen molar-refractivity contribution in [2.45, 2.75) is 12.5 Å². The molecule has 4 aromatic rings. The molecule has 8 nitrogen and oxygen atoms in total. The number of nitrogens with one attached hydrogen (secondary N) is 2. The summed E-state index contributed by atoms with van der Waals surface area (Å²) < 4.78 is 0. The molecule has 3 heterocycles. The zero-order valence-electron chi connectivity index (χ0n) is 16.8. The predicted molar refractivity (Wildman–Crippen MR) is 119 cm³/mol. The van der Waals surface area contributed by atoms with Crippen LogP contribution in [0.2, 0.25) is 0 Å². The summed E-state index contributed by atoms with van der Waals surface area (Å²) in [5.74, 6) is 0.500. The van der Waals surface area contributed by atoms with Gasteiger partial charge in [0.1, 0.15) is 11.4 Å². The lowest BCUT2D eigenvalue weighted by Gasteiger charge is -2.20. The predicted octanol–water partition coefficient (Wildman–Crippen LogP) is 2.32. The summed E-state index contributed by atoms with van der Waals surface area (Å²) >= 11 is 0. The smallest absolute Gasteiger partial charge is 0.261 e. The first-order valence-corrected chi connectivity index (χ1v) is 9.82. The van der Waals surface area contributed by atoms with Crippen LogP contribution < -0.4 is 16.2 Å². The molecule has 152 valence electrons. The first-order chi connectivity index (χ1) is 14.4. The third-order valence-electron chi connectivity index (χ3n) is 5.78. The van der Waals surface area contributed by atoms with E-state index in [1.165, 1.54) is 0 Å². The van der Waals surface area contributed by atoms with Crippen molar-refractivity contribution in [2.75, 3.05) is 31.3 Å². The number of fused-ring (bicyclic) bond motifs is 2.